The predicted molar refractivity (Wildman–Crippen MR) is 83.1 cm³/mol. The van der Waals surface area contributed by atoms with Crippen molar-refractivity contribution in [1.82, 2.24) is 14.5 Å². The highest BCUT2D eigenvalue weighted by atomic mass is 79.9. The number of aromatic nitrogens is 2. The van der Waals surface area contributed by atoms with Gasteiger partial charge in [-0.15, -0.1) is 11.6 Å². The molecule has 0 N–H and O–H groups in total. The number of fused-ring (bicyclic) bond motifs is 1. The third kappa shape index (κ3) is 2.44. The van der Waals surface area contributed by atoms with Crippen molar-refractivity contribution in [3.63, 3.8) is 0 Å². The van der Waals surface area contributed by atoms with Gasteiger partial charge in [-0.05, 0) is 28.4 Å². The van der Waals surface area contributed by atoms with Crippen molar-refractivity contribution in [2.75, 3.05) is 19.5 Å². The summed E-state index contributed by atoms with van der Waals surface area (Å²) >= 11 is 9.03. The number of nitrogens with zero attached hydrogens (tertiary/aromatic N) is 3. The smallest absolute Gasteiger partial charge is 0.245 e. The molecule has 2 heterocycles. The van der Waals surface area contributed by atoms with Crippen molar-refractivity contribution >= 4 is 44.5 Å². The number of halogens is 3. The summed E-state index contributed by atoms with van der Waals surface area (Å²) in [6, 6.07) is 2.79. The number of carbonyl (C=O) groups is 1. The number of hydrogen-bond donors (Lipinski definition) is 0. The van der Waals surface area contributed by atoms with Crippen LogP contribution in [0, 0.1) is 5.82 Å². The molecule has 0 spiro atoms. The average molecular weight is 375 g/mol. The molecule has 1 aromatic heterocycles. The minimum absolute atomic E-state index is 0.0607. The number of rotatable bonds is 3. The summed E-state index contributed by atoms with van der Waals surface area (Å²) in [6.45, 7) is 0.714. The summed E-state index contributed by atoms with van der Waals surface area (Å²) in [7, 11) is 1.79. The number of likely N-dealkylation sites (tertiary alicyclic amines) is 1. The quantitative estimate of drug-likeness (QED) is 0.774. The summed E-state index contributed by atoms with van der Waals surface area (Å²) in [6.07, 6.45) is 1.27. The molecule has 7 heteroatoms. The van der Waals surface area contributed by atoms with E-state index in [9.17, 15) is 9.18 Å². The fourth-order valence-electron chi connectivity index (χ4n) is 2.79. The Labute approximate surface area is 135 Å². The van der Waals surface area contributed by atoms with Crippen molar-refractivity contribution in [2.45, 2.75) is 18.9 Å². The van der Waals surface area contributed by atoms with Gasteiger partial charge >= 0.3 is 0 Å². The van der Waals surface area contributed by atoms with E-state index in [0.717, 1.165) is 17.8 Å². The molecule has 1 aliphatic rings. The zero-order valence-electron chi connectivity index (χ0n) is 11.4. The first-order valence-electron chi connectivity index (χ1n) is 6.69. The summed E-state index contributed by atoms with van der Waals surface area (Å²) < 4.78 is 16.0. The molecule has 0 bridgehead atoms. The van der Waals surface area contributed by atoms with Crippen molar-refractivity contribution in [1.29, 1.82) is 0 Å². The SMILES string of the molecule is CN1CCC(n2c(CCCl)nc3cc(F)c(Br)cc32)C1=O. The molecular formula is C14H14BrClFN3O. The fraction of sp³-hybridized carbons (Fsp3) is 0.429. The summed E-state index contributed by atoms with van der Waals surface area (Å²) in [4.78, 5) is 18.5. The van der Waals surface area contributed by atoms with Gasteiger partial charge in [-0.2, -0.15) is 0 Å². The summed E-state index contributed by atoms with van der Waals surface area (Å²) in [5, 5.41) is 0. The monoisotopic (exact) mass is 373 g/mol. The van der Waals surface area contributed by atoms with Gasteiger partial charge in [0.1, 0.15) is 17.7 Å². The molecular weight excluding hydrogens is 361 g/mol. The Balaban J connectivity index is 2.20. The van der Waals surface area contributed by atoms with E-state index in [1.165, 1.54) is 6.07 Å². The van der Waals surface area contributed by atoms with Crippen LogP contribution >= 0.6 is 27.5 Å². The number of imidazole rings is 1. The normalized spacial score (nSPS) is 19.0. The van der Waals surface area contributed by atoms with Crippen molar-refractivity contribution < 1.29 is 9.18 Å². The van der Waals surface area contributed by atoms with Crippen LogP contribution in [0.4, 0.5) is 4.39 Å². The van der Waals surface area contributed by atoms with Gasteiger partial charge < -0.3 is 9.47 Å². The molecule has 112 valence electrons. The molecule has 1 unspecified atom stereocenters. The maximum Gasteiger partial charge on any atom is 0.245 e. The number of likely N-dealkylation sites (N-methyl/N-ethyl adjacent to an activating group) is 1. The van der Waals surface area contributed by atoms with E-state index in [0.29, 0.717) is 28.8 Å². The zero-order valence-corrected chi connectivity index (χ0v) is 13.8. The molecule has 1 amide bonds. The molecule has 4 nitrogen and oxygen atoms in total. The van der Waals surface area contributed by atoms with Crippen LogP contribution < -0.4 is 0 Å². The van der Waals surface area contributed by atoms with Crippen LogP contribution in [-0.4, -0.2) is 39.8 Å². The highest BCUT2D eigenvalue weighted by molar-refractivity contribution is 9.10. The highest BCUT2D eigenvalue weighted by Gasteiger charge is 2.33. The largest absolute Gasteiger partial charge is 0.344 e. The van der Waals surface area contributed by atoms with Crippen LogP contribution in [0.25, 0.3) is 11.0 Å². The van der Waals surface area contributed by atoms with E-state index in [-0.39, 0.29) is 17.8 Å². The van der Waals surface area contributed by atoms with Gasteiger partial charge in [-0.25, -0.2) is 9.37 Å². The first kappa shape index (κ1) is 14.8. The van der Waals surface area contributed by atoms with E-state index in [1.54, 1.807) is 18.0 Å². The summed E-state index contributed by atoms with van der Waals surface area (Å²) in [5.74, 6) is 0.833. The van der Waals surface area contributed by atoms with E-state index in [4.69, 9.17) is 11.6 Å². The van der Waals surface area contributed by atoms with Crippen molar-refractivity contribution in [2.24, 2.45) is 0 Å². The van der Waals surface area contributed by atoms with E-state index in [1.807, 2.05) is 4.57 Å². The molecule has 1 saturated heterocycles. The van der Waals surface area contributed by atoms with Crippen LogP contribution in [0.3, 0.4) is 0 Å². The number of carbonyl (C=O) groups excluding carboxylic acids is 1. The second kappa shape index (κ2) is 5.57. The molecule has 1 fully saturated rings. The molecule has 2 aromatic rings. The third-order valence-electron chi connectivity index (χ3n) is 3.83. The lowest BCUT2D eigenvalue weighted by molar-refractivity contribution is -0.129. The number of hydrogen-bond acceptors (Lipinski definition) is 2. The lowest BCUT2D eigenvalue weighted by Gasteiger charge is -2.15. The van der Waals surface area contributed by atoms with Crippen molar-refractivity contribution in [3.8, 4) is 0 Å². The van der Waals surface area contributed by atoms with Gasteiger partial charge in [0.15, 0.2) is 0 Å². The molecule has 0 radical (unpaired) electrons. The Bertz CT molecular complexity index is 718. The highest BCUT2D eigenvalue weighted by Crippen LogP contribution is 2.31. The van der Waals surface area contributed by atoms with Crippen LogP contribution in [0.15, 0.2) is 16.6 Å². The maximum absolute atomic E-state index is 13.7. The average Bonchev–Trinajstić information content (AvgIpc) is 2.93. The first-order chi connectivity index (χ1) is 10.0. The van der Waals surface area contributed by atoms with Gasteiger partial charge in [-0.1, -0.05) is 0 Å². The Hall–Kier alpha value is -1.14. The number of aryl methyl sites for hydroxylation is 1. The number of benzene rings is 1. The molecule has 21 heavy (non-hydrogen) atoms. The Morgan fingerprint density at radius 1 is 1.52 bits per heavy atom. The molecule has 0 saturated carbocycles. The van der Waals surface area contributed by atoms with Gasteiger partial charge in [0.25, 0.3) is 0 Å². The third-order valence-corrected chi connectivity index (χ3v) is 4.63. The maximum atomic E-state index is 13.7. The molecule has 3 rings (SSSR count). The van der Waals surface area contributed by atoms with Gasteiger partial charge in [0, 0.05) is 32.0 Å². The van der Waals surface area contributed by atoms with E-state index >= 15 is 0 Å². The summed E-state index contributed by atoms with van der Waals surface area (Å²) in [5.41, 5.74) is 1.32. The van der Waals surface area contributed by atoms with Crippen LogP contribution in [-0.2, 0) is 11.2 Å². The Morgan fingerprint density at radius 2 is 2.29 bits per heavy atom. The molecule has 1 aromatic carbocycles. The van der Waals surface area contributed by atoms with Gasteiger partial charge in [0.05, 0.1) is 15.5 Å². The molecule has 0 aliphatic carbocycles. The van der Waals surface area contributed by atoms with E-state index < -0.39 is 0 Å². The van der Waals surface area contributed by atoms with Crippen LogP contribution in [0.2, 0.25) is 0 Å². The second-order valence-electron chi connectivity index (χ2n) is 5.16. The van der Waals surface area contributed by atoms with Crippen LogP contribution in [0.5, 0.6) is 0 Å². The van der Waals surface area contributed by atoms with Gasteiger partial charge in [-0.3, -0.25) is 4.79 Å². The second-order valence-corrected chi connectivity index (χ2v) is 6.39. The van der Waals surface area contributed by atoms with E-state index in [2.05, 4.69) is 20.9 Å². The lowest BCUT2D eigenvalue weighted by Crippen LogP contribution is -2.25. The number of amides is 1. The predicted octanol–water partition coefficient (Wildman–Crippen LogP) is 3.12. The topological polar surface area (TPSA) is 38.1 Å². The zero-order chi connectivity index (χ0) is 15.1. The standard InChI is InChI=1S/C14H14BrClFN3O/c1-19-5-3-11(14(19)21)20-12-6-8(15)9(17)7-10(12)18-13(20)2-4-16/h6-7,11H,2-5H2,1H3. The first-order valence-corrected chi connectivity index (χ1v) is 8.02. The van der Waals surface area contributed by atoms with Crippen molar-refractivity contribution in [3.05, 3.63) is 28.2 Å². The molecule has 1 atom stereocenters. The van der Waals surface area contributed by atoms with Crippen LogP contribution in [0.1, 0.15) is 18.3 Å². The minimum Gasteiger partial charge on any atom is -0.344 e. The Morgan fingerprint density at radius 3 is 2.90 bits per heavy atom. The number of alkyl halides is 1. The molecule has 1 aliphatic heterocycles. The van der Waals surface area contributed by atoms with Gasteiger partial charge in [0.2, 0.25) is 5.91 Å². The fourth-order valence-corrected chi connectivity index (χ4v) is 3.29. The Kier molecular flexibility index (Phi) is 3.92. The minimum atomic E-state index is -0.362. The lowest BCUT2D eigenvalue weighted by atomic mass is 10.2.